The molecule has 2 aromatic heterocycles. The normalized spacial score (nSPS) is 16.3. The van der Waals surface area contributed by atoms with Crippen LogP contribution >= 0.6 is 0 Å². The molecule has 1 amide bonds. The average molecular weight is 291 g/mol. The fourth-order valence-corrected chi connectivity index (χ4v) is 2.71. The number of amides is 1. The topological polar surface area (TPSA) is 97.0 Å². The predicted octanol–water partition coefficient (Wildman–Crippen LogP) is 0.599. The summed E-state index contributed by atoms with van der Waals surface area (Å²) >= 11 is 0. The number of H-pyrrole nitrogens is 1. The van der Waals surface area contributed by atoms with Gasteiger partial charge >= 0.3 is 5.69 Å². The van der Waals surface area contributed by atoms with Gasteiger partial charge in [-0.2, -0.15) is 5.10 Å². The number of hydrogen-bond donors (Lipinski definition) is 1. The minimum atomic E-state index is -0.204. The highest BCUT2D eigenvalue weighted by molar-refractivity contribution is 5.93. The molecule has 0 saturated carbocycles. The largest absolute Gasteiger partial charge is 0.448 e. The zero-order valence-electron chi connectivity index (χ0n) is 11.8. The molecule has 8 nitrogen and oxygen atoms in total. The molecule has 0 bridgehead atoms. The van der Waals surface area contributed by atoms with Crippen molar-refractivity contribution in [2.75, 3.05) is 13.1 Å². The van der Waals surface area contributed by atoms with Crippen LogP contribution in [0.2, 0.25) is 0 Å². The number of carbonyl (C=O) groups is 1. The Bertz CT molecular complexity index is 678. The molecule has 21 heavy (non-hydrogen) atoms. The number of aromatic nitrogens is 4. The number of nitrogens with zero attached hydrogens (tertiary/aromatic N) is 4. The van der Waals surface area contributed by atoms with Gasteiger partial charge in [0.2, 0.25) is 0 Å². The molecule has 2 aromatic rings. The van der Waals surface area contributed by atoms with Crippen molar-refractivity contribution in [3.05, 3.63) is 34.7 Å². The van der Waals surface area contributed by atoms with Gasteiger partial charge in [0.25, 0.3) is 5.91 Å². The first-order valence-electron chi connectivity index (χ1n) is 7.03. The van der Waals surface area contributed by atoms with Gasteiger partial charge < -0.3 is 9.32 Å². The highest BCUT2D eigenvalue weighted by atomic mass is 16.3. The third kappa shape index (κ3) is 2.48. The van der Waals surface area contributed by atoms with Crippen molar-refractivity contribution >= 4 is 5.91 Å². The highest BCUT2D eigenvalue weighted by Crippen LogP contribution is 2.22. The first-order valence-corrected chi connectivity index (χ1v) is 7.03. The Balaban J connectivity index is 1.67. The van der Waals surface area contributed by atoms with Crippen molar-refractivity contribution in [3.63, 3.8) is 0 Å². The molecular formula is C13H17N5O3. The van der Waals surface area contributed by atoms with E-state index < -0.39 is 0 Å². The van der Waals surface area contributed by atoms with Gasteiger partial charge in [0, 0.05) is 25.6 Å². The molecule has 1 N–H and O–H groups in total. The summed E-state index contributed by atoms with van der Waals surface area (Å²) in [7, 11) is 0. The molecule has 8 heteroatoms. The van der Waals surface area contributed by atoms with Crippen molar-refractivity contribution < 1.29 is 9.21 Å². The van der Waals surface area contributed by atoms with Crippen LogP contribution in [0.4, 0.5) is 0 Å². The molecule has 0 unspecified atom stereocenters. The van der Waals surface area contributed by atoms with E-state index in [0.717, 1.165) is 12.8 Å². The number of aromatic amines is 1. The summed E-state index contributed by atoms with van der Waals surface area (Å²) < 4.78 is 6.80. The first-order chi connectivity index (χ1) is 10.2. The molecule has 1 aliphatic rings. The minimum Gasteiger partial charge on any atom is -0.448 e. The van der Waals surface area contributed by atoms with Gasteiger partial charge in [0.05, 0.1) is 0 Å². The number of aryl methyl sites for hydroxylation is 1. The number of nitrogens with one attached hydrogen (secondary N) is 1. The van der Waals surface area contributed by atoms with Crippen LogP contribution in [-0.4, -0.2) is 43.6 Å². The van der Waals surface area contributed by atoms with E-state index in [1.165, 1.54) is 12.7 Å². The molecule has 1 saturated heterocycles. The van der Waals surface area contributed by atoms with Gasteiger partial charge in [-0.1, -0.05) is 6.92 Å². The van der Waals surface area contributed by atoms with Crippen molar-refractivity contribution in [3.8, 4) is 0 Å². The third-order valence-corrected chi connectivity index (χ3v) is 3.89. The number of rotatable bonds is 3. The Hall–Kier alpha value is -2.38. The lowest BCUT2D eigenvalue weighted by atomic mass is 10.0. The number of piperidine rings is 1. The maximum Gasteiger partial charge on any atom is 0.343 e. The first kappa shape index (κ1) is 13.6. The smallest absolute Gasteiger partial charge is 0.343 e. The van der Waals surface area contributed by atoms with Crippen LogP contribution in [0.15, 0.2) is 21.9 Å². The second kappa shape index (κ2) is 5.55. The van der Waals surface area contributed by atoms with Gasteiger partial charge in [0.15, 0.2) is 12.1 Å². The van der Waals surface area contributed by atoms with Gasteiger partial charge in [-0.15, -0.1) is 0 Å². The number of likely N-dealkylation sites (tertiary alicyclic amines) is 1. The molecule has 0 aliphatic carbocycles. The van der Waals surface area contributed by atoms with E-state index in [-0.39, 0.29) is 17.6 Å². The Kier molecular flexibility index (Phi) is 3.59. The zero-order valence-corrected chi connectivity index (χ0v) is 11.8. The van der Waals surface area contributed by atoms with Gasteiger partial charge in [-0.3, -0.25) is 9.36 Å². The van der Waals surface area contributed by atoms with E-state index in [2.05, 4.69) is 15.2 Å². The quantitative estimate of drug-likeness (QED) is 0.893. The summed E-state index contributed by atoms with van der Waals surface area (Å²) in [6, 6.07) is 0.0863. The van der Waals surface area contributed by atoms with Crippen LogP contribution in [0.1, 0.15) is 42.1 Å². The van der Waals surface area contributed by atoms with Crippen LogP contribution in [0, 0.1) is 0 Å². The lowest BCUT2D eigenvalue weighted by Gasteiger charge is -2.31. The Labute approximate surface area is 120 Å². The summed E-state index contributed by atoms with van der Waals surface area (Å²) in [4.78, 5) is 29.7. The molecule has 1 fully saturated rings. The SMILES string of the molecule is CCc1ocnc1C(=O)N1CCC(n2cn[nH]c2=O)CC1. The minimum absolute atomic E-state index is 0.0863. The molecule has 3 rings (SSSR count). The van der Waals surface area contributed by atoms with E-state index in [4.69, 9.17) is 4.42 Å². The lowest BCUT2D eigenvalue weighted by molar-refractivity contribution is 0.0686. The van der Waals surface area contributed by atoms with E-state index in [1.807, 2.05) is 6.92 Å². The fraction of sp³-hybridized carbons (Fsp3) is 0.538. The van der Waals surface area contributed by atoms with Gasteiger partial charge in [-0.05, 0) is 12.8 Å². The van der Waals surface area contributed by atoms with Crippen molar-refractivity contribution in [2.45, 2.75) is 32.2 Å². The zero-order chi connectivity index (χ0) is 14.8. The lowest BCUT2D eigenvalue weighted by Crippen LogP contribution is -2.40. The number of carbonyl (C=O) groups excluding carboxylic acids is 1. The van der Waals surface area contributed by atoms with Crippen LogP contribution in [0.25, 0.3) is 0 Å². The summed E-state index contributed by atoms with van der Waals surface area (Å²) in [5.41, 5.74) is 0.195. The second-order valence-corrected chi connectivity index (χ2v) is 5.07. The Morgan fingerprint density at radius 1 is 1.48 bits per heavy atom. The third-order valence-electron chi connectivity index (χ3n) is 3.89. The van der Waals surface area contributed by atoms with Crippen molar-refractivity contribution in [2.24, 2.45) is 0 Å². The Morgan fingerprint density at radius 3 is 2.86 bits per heavy atom. The molecule has 3 heterocycles. The van der Waals surface area contributed by atoms with Crippen molar-refractivity contribution in [1.29, 1.82) is 0 Å². The molecule has 112 valence electrons. The van der Waals surface area contributed by atoms with Gasteiger partial charge in [0.1, 0.15) is 12.1 Å². The van der Waals surface area contributed by atoms with E-state index >= 15 is 0 Å². The Morgan fingerprint density at radius 2 is 2.24 bits per heavy atom. The molecule has 0 spiro atoms. The van der Waals surface area contributed by atoms with Crippen LogP contribution < -0.4 is 5.69 Å². The monoisotopic (exact) mass is 291 g/mol. The van der Waals surface area contributed by atoms with Crippen molar-refractivity contribution in [1.82, 2.24) is 24.6 Å². The fourth-order valence-electron chi connectivity index (χ4n) is 2.71. The van der Waals surface area contributed by atoms with Crippen LogP contribution in [0.3, 0.4) is 0 Å². The summed E-state index contributed by atoms with van der Waals surface area (Å²) in [5, 5.41) is 6.13. The molecular weight excluding hydrogens is 274 g/mol. The van der Waals surface area contributed by atoms with E-state index in [0.29, 0.717) is 31.0 Å². The number of hydrogen-bond acceptors (Lipinski definition) is 5. The standard InChI is InChI=1S/C13H17N5O3/c1-2-10-11(14-8-21-10)12(19)17-5-3-9(4-6-17)18-7-15-16-13(18)20/h7-9H,2-6H2,1H3,(H,16,20). The maximum atomic E-state index is 12.4. The average Bonchev–Trinajstić information content (AvgIpc) is 3.15. The van der Waals surface area contributed by atoms with Gasteiger partial charge in [-0.25, -0.2) is 14.9 Å². The van der Waals surface area contributed by atoms with Crippen LogP contribution in [0.5, 0.6) is 0 Å². The molecule has 0 aromatic carbocycles. The molecule has 0 radical (unpaired) electrons. The maximum absolute atomic E-state index is 12.4. The van der Waals surface area contributed by atoms with E-state index in [9.17, 15) is 9.59 Å². The number of oxazole rings is 1. The van der Waals surface area contributed by atoms with Crippen LogP contribution in [-0.2, 0) is 6.42 Å². The second-order valence-electron chi connectivity index (χ2n) is 5.07. The summed E-state index contributed by atoms with van der Waals surface area (Å²) in [6.45, 7) is 3.11. The molecule has 1 aliphatic heterocycles. The highest BCUT2D eigenvalue weighted by Gasteiger charge is 2.28. The predicted molar refractivity (Wildman–Crippen MR) is 72.9 cm³/mol. The summed E-state index contributed by atoms with van der Waals surface area (Å²) in [6.07, 6.45) is 4.91. The summed E-state index contributed by atoms with van der Waals surface area (Å²) in [5.74, 6) is 0.520. The molecule has 0 atom stereocenters. The van der Waals surface area contributed by atoms with E-state index in [1.54, 1.807) is 9.47 Å².